The van der Waals surface area contributed by atoms with Crippen LogP contribution in [0.5, 0.6) is 0 Å². The number of hydrogen-bond donors (Lipinski definition) is 1. The fraction of sp³-hybridized carbons (Fsp3) is 0.583. The SMILES string of the molecule is CN(CC1CCCNC1)S(=O)(=O)c1cncc(Br)c1. The van der Waals surface area contributed by atoms with Gasteiger partial charge in [-0.2, -0.15) is 0 Å². The first-order valence-corrected chi connectivity index (χ1v) is 8.51. The maximum atomic E-state index is 12.4. The zero-order chi connectivity index (χ0) is 13.9. The van der Waals surface area contributed by atoms with Gasteiger partial charge in [0.1, 0.15) is 4.90 Å². The van der Waals surface area contributed by atoms with Crippen LogP contribution in [-0.4, -0.2) is 44.4 Å². The van der Waals surface area contributed by atoms with Crippen molar-refractivity contribution in [1.82, 2.24) is 14.6 Å². The third kappa shape index (κ3) is 3.75. The summed E-state index contributed by atoms with van der Waals surface area (Å²) in [7, 11) is -1.82. The van der Waals surface area contributed by atoms with Crippen molar-refractivity contribution < 1.29 is 8.42 Å². The first-order chi connectivity index (χ1) is 9.00. The summed E-state index contributed by atoms with van der Waals surface area (Å²) in [6.07, 6.45) is 5.14. The number of piperidine rings is 1. The third-order valence-electron chi connectivity index (χ3n) is 3.30. The maximum absolute atomic E-state index is 12.4. The maximum Gasteiger partial charge on any atom is 0.244 e. The van der Waals surface area contributed by atoms with Crippen LogP contribution < -0.4 is 5.32 Å². The molecule has 0 amide bonds. The minimum Gasteiger partial charge on any atom is -0.316 e. The van der Waals surface area contributed by atoms with Crippen LogP contribution in [0.15, 0.2) is 27.8 Å². The monoisotopic (exact) mass is 347 g/mol. The van der Waals surface area contributed by atoms with Crippen LogP contribution in [0.1, 0.15) is 12.8 Å². The topological polar surface area (TPSA) is 62.3 Å². The molecule has 1 N–H and O–H groups in total. The predicted octanol–water partition coefficient (Wildman–Crippen LogP) is 1.46. The lowest BCUT2D eigenvalue weighted by Crippen LogP contribution is -2.39. The summed E-state index contributed by atoms with van der Waals surface area (Å²) in [6.45, 7) is 2.46. The highest BCUT2D eigenvalue weighted by molar-refractivity contribution is 9.10. The second-order valence-corrected chi connectivity index (χ2v) is 7.80. The van der Waals surface area contributed by atoms with Crippen LogP contribution in [0.2, 0.25) is 0 Å². The van der Waals surface area contributed by atoms with Crippen molar-refractivity contribution in [2.45, 2.75) is 17.7 Å². The van der Waals surface area contributed by atoms with Crippen LogP contribution in [0, 0.1) is 5.92 Å². The average molecular weight is 348 g/mol. The minimum absolute atomic E-state index is 0.230. The molecular weight excluding hydrogens is 330 g/mol. The van der Waals surface area contributed by atoms with Gasteiger partial charge in [-0.15, -0.1) is 0 Å². The second-order valence-electron chi connectivity index (χ2n) is 4.84. The van der Waals surface area contributed by atoms with E-state index < -0.39 is 10.0 Å². The van der Waals surface area contributed by atoms with Crippen LogP contribution in [0.3, 0.4) is 0 Å². The Balaban J connectivity index is 2.10. The van der Waals surface area contributed by atoms with Gasteiger partial charge in [0.05, 0.1) is 0 Å². The molecule has 1 aromatic heterocycles. The van der Waals surface area contributed by atoms with Gasteiger partial charge in [-0.1, -0.05) is 0 Å². The zero-order valence-corrected chi connectivity index (χ0v) is 13.2. The molecule has 2 heterocycles. The van der Waals surface area contributed by atoms with Crippen LogP contribution in [0.25, 0.3) is 0 Å². The molecular formula is C12H18BrN3O2S. The molecule has 0 bridgehead atoms. The lowest BCUT2D eigenvalue weighted by atomic mass is 10.00. The molecule has 7 heteroatoms. The van der Waals surface area contributed by atoms with Gasteiger partial charge in [0.2, 0.25) is 10.0 Å². The molecule has 1 saturated heterocycles. The summed E-state index contributed by atoms with van der Waals surface area (Å²) in [5.41, 5.74) is 0. The van der Waals surface area contributed by atoms with Crippen molar-refractivity contribution in [1.29, 1.82) is 0 Å². The molecule has 0 aromatic carbocycles. The highest BCUT2D eigenvalue weighted by atomic mass is 79.9. The Morgan fingerprint density at radius 1 is 1.53 bits per heavy atom. The summed E-state index contributed by atoms with van der Waals surface area (Å²) in [5, 5.41) is 3.30. The lowest BCUT2D eigenvalue weighted by molar-refractivity contribution is 0.314. The molecule has 0 saturated carbocycles. The van der Waals surface area contributed by atoms with E-state index in [1.54, 1.807) is 19.3 Å². The molecule has 0 spiro atoms. The van der Waals surface area contributed by atoms with Crippen LogP contribution in [0.4, 0.5) is 0 Å². The molecule has 106 valence electrons. The predicted molar refractivity (Wildman–Crippen MR) is 77.3 cm³/mol. The smallest absolute Gasteiger partial charge is 0.244 e. The number of rotatable bonds is 4. The number of sulfonamides is 1. The Kier molecular flexibility index (Phi) is 4.94. The molecule has 1 aliphatic heterocycles. The number of nitrogens with zero attached hydrogens (tertiary/aromatic N) is 2. The van der Waals surface area contributed by atoms with E-state index in [9.17, 15) is 8.42 Å². The molecule has 1 aliphatic rings. The van der Waals surface area contributed by atoms with Gasteiger partial charge in [-0.3, -0.25) is 4.98 Å². The fourth-order valence-electron chi connectivity index (χ4n) is 2.25. The Morgan fingerprint density at radius 2 is 2.32 bits per heavy atom. The van der Waals surface area contributed by atoms with Crippen molar-refractivity contribution in [3.05, 3.63) is 22.9 Å². The number of nitrogens with one attached hydrogen (secondary N) is 1. The van der Waals surface area contributed by atoms with Crippen molar-refractivity contribution in [3.63, 3.8) is 0 Å². The summed E-state index contributed by atoms with van der Waals surface area (Å²) in [6, 6.07) is 1.58. The Bertz CT molecular complexity index is 530. The fourth-order valence-corrected chi connectivity index (χ4v) is 4.01. The first kappa shape index (κ1) is 14.9. The number of aromatic nitrogens is 1. The number of pyridine rings is 1. The number of hydrogen-bond acceptors (Lipinski definition) is 4. The van der Waals surface area contributed by atoms with Gasteiger partial charge in [0, 0.05) is 30.5 Å². The van der Waals surface area contributed by atoms with Crippen LogP contribution in [-0.2, 0) is 10.0 Å². The molecule has 2 rings (SSSR count). The summed E-state index contributed by atoms with van der Waals surface area (Å²) in [4.78, 5) is 4.14. The standard InChI is InChI=1S/C12H18BrN3O2S/c1-16(9-10-3-2-4-14-6-10)19(17,18)12-5-11(13)7-15-8-12/h5,7-8,10,14H,2-4,6,9H2,1H3. The van der Waals surface area contributed by atoms with E-state index in [0.717, 1.165) is 25.9 Å². The van der Waals surface area contributed by atoms with E-state index in [1.165, 1.54) is 10.5 Å². The van der Waals surface area contributed by atoms with Gasteiger partial charge >= 0.3 is 0 Å². The van der Waals surface area contributed by atoms with E-state index in [4.69, 9.17) is 0 Å². The van der Waals surface area contributed by atoms with E-state index >= 15 is 0 Å². The van der Waals surface area contributed by atoms with Crippen molar-refractivity contribution in [2.24, 2.45) is 5.92 Å². The Labute approximate surface area is 122 Å². The number of halogens is 1. The molecule has 0 radical (unpaired) electrons. The summed E-state index contributed by atoms with van der Waals surface area (Å²) in [5.74, 6) is 0.383. The molecule has 1 unspecified atom stereocenters. The van der Waals surface area contributed by atoms with Gasteiger partial charge in [-0.05, 0) is 53.8 Å². The second kappa shape index (κ2) is 6.30. The molecule has 1 fully saturated rings. The van der Waals surface area contributed by atoms with Crippen molar-refractivity contribution >= 4 is 26.0 Å². The largest absolute Gasteiger partial charge is 0.316 e. The Morgan fingerprint density at radius 3 is 2.95 bits per heavy atom. The van der Waals surface area contributed by atoms with E-state index in [0.29, 0.717) is 16.9 Å². The zero-order valence-electron chi connectivity index (χ0n) is 10.8. The highest BCUT2D eigenvalue weighted by Crippen LogP contribution is 2.20. The lowest BCUT2D eigenvalue weighted by Gasteiger charge is -2.27. The first-order valence-electron chi connectivity index (χ1n) is 6.28. The Hall–Kier alpha value is -0.500. The van der Waals surface area contributed by atoms with Gasteiger partial charge < -0.3 is 5.32 Å². The normalized spacial score (nSPS) is 20.7. The summed E-state index contributed by atoms with van der Waals surface area (Å²) >= 11 is 3.25. The quantitative estimate of drug-likeness (QED) is 0.895. The highest BCUT2D eigenvalue weighted by Gasteiger charge is 2.25. The van der Waals surface area contributed by atoms with E-state index in [1.807, 2.05) is 0 Å². The van der Waals surface area contributed by atoms with E-state index in [-0.39, 0.29) is 4.90 Å². The third-order valence-corrected chi connectivity index (χ3v) is 5.52. The molecule has 0 aliphatic carbocycles. The molecule has 1 atom stereocenters. The van der Waals surface area contributed by atoms with Gasteiger partial charge in [0.15, 0.2) is 0 Å². The van der Waals surface area contributed by atoms with E-state index in [2.05, 4.69) is 26.2 Å². The minimum atomic E-state index is -3.45. The van der Waals surface area contributed by atoms with Gasteiger partial charge in [0.25, 0.3) is 0 Å². The summed E-state index contributed by atoms with van der Waals surface area (Å²) < 4.78 is 26.9. The van der Waals surface area contributed by atoms with Crippen molar-refractivity contribution in [3.8, 4) is 0 Å². The van der Waals surface area contributed by atoms with Crippen LogP contribution >= 0.6 is 15.9 Å². The molecule has 1 aromatic rings. The average Bonchev–Trinajstić information content (AvgIpc) is 2.40. The molecule has 5 nitrogen and oxygen atoms in total. The molecule has 19 heavy (non-hydrogen) atoms. The van der Waals surface area contributed by atoms with Gasteiger partial charge in [-0.25, -0.2) is 12.7 Å². The van der Waals surface area contributed by atoms with Crippen molar-refractivity contribution in [2.75, 3.05) is 26.7 Å².